The Balaban J connectivity index is 1.07. The molecule has 5 aliphatic carbocycles. The summed E-state index contributed by atoms with van der Waals surface area (Å²) < 4.78 is 0. The van der Waals surface area contributed by atoms with Gasteiger partial charge in [0.1, 0.15) is 0 Å². The number of fused-ring (bicyclic) bond motifs is 5. The highest BCUT2D eigenvalue weighted by Crippen LogP contribution is 2.67. The Morgan fingerprint density at radius 3 is 2.54 bits per heavy atom. The van der Waals surface area contributed by atoms with Gasteiger partial charge in [0, 0.05) is 38.6 Å². The molecule has 0 unspecified atom stereocenters. The average Bonchev–Trinajstić information content (AvgIpc) is 3.64. The summed E-state index contributed by atoms with van der Waals surface area (Å²) in [5, 5.41) is 10.3. The Morgan fingerprint density at radius 2 is 1.80 bits per heavy atom. The Morgan fingerprint density at radius 1 is 1.03 bits per heavy atom. The molecule has 0 aromatic carbocycles. The van der Waals surface area contributed by atoms with Crippen LogP contribution in [0, 0.1) is 40.4 Å². The van der Waals surface area contributed by atoms with Crippen LogP contribution in [0.15, 0.2) is 11.6 Å². The van der Waals surface area contributed by atoms with Crippen LogP contribution in [0.1, 0.15) is 97.8 Å². The highest BCUT2D eigenvalue weighted by Gasteiger charge is 2.59. The van der Waals surface area contributed by atoms with Gasteiger partial charge in [-0.1, -0.05) is 32.4 Å². The topological polar surface area (TPSA) is 43.8 Å². The smallest absolute Gasteiger partial charge is 0.222 e. The summed E-state index contributed by atoms with van der Waals surface area (Å²) in [6, 6.07) is 0.831. The van der Waals surface area contributed by atoms with Crippen molar-refractivity contribution in [2.75, 3.05) is 26.2 Å². The van der Waals surface area contributed by atoms with E-state index in [2.05, 4.69) is 36.6 Å². The molecule has 0 radical (unpaired) electrons. The van der Waals surface area contributed by atoms with Crippen molar-refractivity contribution >= 4 is 5.91 Å². The van der Waals surface area contributed by atoms with E-state index in [0.29, 0.717) is 22.7 Å². The minimum absolute atomic E-state index is 0.110. The van der Waals surface area contributed by atoms with Gasteiger partial charge < -0.3 is 10.0 Å². The third-order valence-electron chi connectivity index (χ3n) is 12.4. The summed E-state index contributed by atoms with van der Waals surface area (Å²) in [5.41, 5.74) is 2.37. The third-order valence-corrected chi connectivity index (χ3v) is 12.4. The van der Waals surface area contributed by atoms with Crippen LogP contribution in [0.5, 0.6) is 0 Å². The van der Waals surface area contributed by atoms with Crippen molar-refractivity contribution in [3.63, 3.8) is 0 Å². The lowest BCUT2D eigenvalue weighted by Gasteiger charge is -2.58. The number of aliphatic hydroxyl groups excluding tert-OH is 1. The number of amides is 1. The molecular weight excluding hydrogens is 432 g/mol. The third kappa shape index (κ3) is 4.23. The monoisotopic (exact) mass is 482 g/mol. The van der Waals surface area contributed by atoms with E-state index in [1.54, 1.807) is 5.57 Å². The molecule has 5 fully saturated rings. The van der Waals surface area contributed by atoms with Crippen LogP contribution in [0.4, 0.5) is 0 Å². The van der Waals surface area contributed by atoms with Crippen LogP contribution >= 0.6 is 0 Å². The molecule has 1 N–H and O–H groups in total. The number of carbonyl (C=O) groups is 1. The van der Waals surface area contributed by atoms with E-state index in [-0.39, 0.29) is 6.10 Å². The van der Waals surface area contributed by atoms with Gasteiger partial charge in [0.2, 0.25) is 5.91 Å². The van der Waals surface area contributed by atoms with Crippen LogP contribution in [-0.4, -0.2) is 59.1 Å². The van der Waals surface area contributed by atoms with Gasteiger partial charge in [-0.05, 0) is 111 Å². The Kier molecular flexibility index (Phi) is 6.40. The molecule has 0 aromatic heterocycles. The molecule has 4 heteroatoms. The molecular formula is C31H50N2O2. The molecule has 6 aliphatic rings. The standard InChI is InChI=1S/C31H50N2O2/c1-21(4-11-29(35)33-18-16-32(17-19-33)23-6-7-23)26-9-10-27-25-8-5-22-20-24(34)12-14-30(22,2)28(25)13-15-31(26,27)3/h5,21,23-28,34H,4,6-20H2,1-3H3/t21-,24+,25+,26-,27+,28+,30+,31-/m1/s1. The Labute approximate surface area is 213 Å². The highest BCUT2D eigenvalue weighted by molar-refractivity contribution is 5.76. The number of aliphatic hydroxyl groups is 1. The molecule has 6 rings (SSSR count). The van der Waals surface area contributed by atoms with E-state index in [4.69, 9.17) is 0 Å². The summed E-state index contributed by atoms with van der Waals surface area (Å²) in [6.45, 7) is 11.7. The molecule has 1 saturated heterocycles. The van der Waals surface area contributed by atoms with Gasteiger partial charge >= 0.3 is 0 Å². The van der Waals surface area contributed by atoms with Gasteiger partial charge in [-0.15, -0.1) is 0 Å². The quantitative estimate of drug-likeness (QED) is 0.515. The maximum atomic E-state index is 13.0. The zero-order valence-electron chi connectivity index (χ0n) is 22.7. The van der Waals surface area contributed by atoms with Crippen LogP contribution in [0.3, 0.4) is 0 Å². The van der Waals surface area contributed by atoms with E-state index in [1.807, 2.05) is 0 Å². The van der Waals surface area contributed by atoms with Crippen molar-refractivity contribution in [1.29, 1.82) is 0 Å². The SMILES string of the molecule is C[C@H](CCC(=O)N1CCN(C2CC2)CC1)[C@H]1CC[C@H]2[C@@H]3CC=C4C[C@@H](O)CC[C@]4(C)[C@H]3CC[C@]12C. The zero-order valence-corrected chi connectivity index (χ0v) is 22.7. The number of hydrogen-bond acceptors (Lipinski definition) is 3. The van der Waals surface area contributed by atoms with Crippen molar-refractivity contribution in [2.24, 2.45) is 40.4 Å². The summed E-state index contributed by atoms with van der Waals surface area (Å²) in [4.78, 5) is 17.8. The first kappa shape index (κ1) is 24.5. The van der Waals surface area contributed by atoms with Gasteiger partial charge in [-0.25, -0.2) is 0 Å². The number of nitrogens with zero attached hydrogens (tertiary/aromatic N) is 2. The Bertz CT molecular complexity index is 843. The van der Waals surface area contributed by atoms with E-state index in [0.717, 1.165) is 81.6 Å². The minimum atomic E-state index is -0.110. The number of rotatable bonds is 5. The van der Waals surface area contributed by atoms with Gasteiger partial charge in [0.25, 0.3) is 0 Å². The van der Waals surface area contributed by atoms with Crippen molar-refractivity contribution in [3.05, 3.63) is 11.6 Å². The van der Waals surface area contributed by atoms with E-state index in [1.165, 1.54) is 51.4 Å². The molecule has 0 aromatic rings. The second-order valence-corrected chi connectivity index (χ2v) is 14.0. The second-order valence-electron chi connectivity index (χ2n) is 14.0. The van der Waals surface area contributed by atoms with Crippen molar-refractivity contribution < 1.29 is 9.90 Å². The Hall–Kier alpha value is -0.870. The summed E-state index contributed by atoms with van der Waals surface area (Å²) in [5.74, 6) is 4.33. The van der Waals surface area contributed by atoms with Gasteiger partial charge in [0.05, 0.1) is 6.10 Å². The maximum Gasteiger partial charge on any atom is 0.222 e. The summed E-state index contributed by atoms with van der Waals surface area (Å²) in [7, 11) is 0. The van der Waals surface area contributed by atoms with E-state index < -0.39 is 0 Å². The van der Waals surface area contributed by atoms with Crippen molar-refractivity contribution in [1.82, 2.24) is 9.80 Å². The van der Waals surface area contributed by atoms with Crippen LogP contribution in [-0.2, 0) is 4.79 Å². The predicted molar refractivity (Wildman–Crippen MR) is 141 cm³/mol. The molecule has 4 nitrogen and oxygen atoms in total. The first-order valence-corrected chi connectivity index (χ1v) is 15.2. The molecule has 1 heterocycles. The zero-order chi connectivity index (χ0) is 24.4. The fraction of sp³-hybridized carbons (Fsp3) is 0.903. The second kappa shape index (κ2) is 9.15. The van der Waals surface area contributed by atoms with Gasteiger partial charge in [0.15, 0.2) is 0 Å². The minimum Gasteiger partial charge on any atom is -0.393 e. The lowest BCUT2D eigenvalue weighted by atomic mass is 9.47. The molecule has 35 heavy (non-hydrogen) atoms. The molecule has 0 bridgehead atoms. The molecule has 1 aliphatic heterocycles. The molecule has 1 amide bonds. The molecule has 4 saturated carbocycles. The average molecular weight is 483 g/mol. The lowest BCUT2D eigenvalue weighted by molar-refractivity contribution is -0.133. The fourth-order valence-electron chi connectivity index (χ4n) is 10.1. The van der Waals surface area contributed by atoms with Crippen molar-refractivity contribution in [2.45, 2.75) is 110 Å². The normalized spacial score (nSPS) is 44.7. The maximum absolute atomic E-state index is 13.0. The van der Waals surface area contributed by atoms with Crippen LogP contribution in [0.25, 0.3) is 0 Å². The lowest BCUT2D eigenvalue weighted by Crippen LogP contribution is -2.51. The highest BCUT2D eigenvalue weighted by atomic mass is 16.3. The van der Waals surface area contributed by atoms with Crippen LogP contribution in [0.2, 0.25) is 0 Å². The van der Waals surface area contributed by atoms with Gasteiger partial charge in [-0.3, -0.25) is 9.69 Å². The molecule has 0 spiro atoms. The predicted octanol–water partition coefficient (Wildman–Crippen LogP) is 5.65. The molecule has 8 atom stereocenters. The largest absolute Gasteiger partial charge is 0.393 e. The number of carbonyl (C=O) groups excluding carboxylic acids is 1. The number of hydrogen-bond donors (Lipinski definition) is 1. The number of allylic oxidation sites excluding steroid dienone is 1. The van der Waals surface area contributed by atoms with E-state index in [9.17, 15) is 9.90 Å². The fourth-order valence-corrected chi connectivity index (χ4v) is 10.1. The first-order valence-electron chi connectivity index (χ1n) is 15.2. The van der Waals surface area contributed by atoms with Crippen LogP contribution < -0.4 is 0 Å². The summed E-state index contributed by atoms with van der Waals surface area (Å²) in [6.07, 6.45) is 16.9. The van der Waals surface area contributed by atoms with E-state index >= 15 is 0 Å². The summed E-state index contributed by atoms with van der Waals surface area (Å²) >= 11 is 0. The first-order chi connectivity index (χ1) is 16.8. The molecule has 196 valence electrons. The number of piperazine rings is 1. The van der Waals surface area contributed by atoms with Crippen molar-refractivity contribution in [3.8, 4) is 0 Å². The van der Waals surface area contributed by atoms with Gasteiger partial charge in [-0.2, -0.15) is 0 Å².